The van der Waals surface area contributed by atoms with Gasteiger partial charge in [-0.05, 0) is 31.4 Å². The lowest BCUT2D eigenvalue weighted by atomic mass is 10.2. The Bertz CT molecular complexity index is 575. The summed E-state index contributed by atoms with van der Waals surface area (Å²) in [5.41, 5.74) is 3.03. The van der Waals surface area contributed by atoms with E-state index in [1.807, 2.05) is 13.1 Å². The summed E-state index contributed by atoms with van der Waals surface area (Å²) >= 11 is 5.88. The molecule has 0 amide bonds. The lowest BCUT2D eigenvalue weighted by Crippen LogP contribution is -2.17. The third-order valence-corrected chi connectivity index (χ3v) is 3.72. The molecule has 0 saturated carbocycles. The minimum absolute atomic E-state index is 0.287. The summed E-state index contributed by atoms with van der Waals surface area (Å²) in [4.78, 5) is 9.19. The second-order valence-corrected chi connectivity index (χ2v) is 5.45. The van der Waals surface area contributed by atoms with Crippen LogP contribution in [0, 0.1) is 6.92 Å². The van der Waals surface area contributed by atoms with Gasteiger partial charge in [0, 0.05) is 25.1 Å². The van der Waals surface area contributed by atoms with E-state index in [2.05, 4.69) is 20.6 Å². The number of hydrogen-bond donors (Lipinski definition) is 0. The quantitative estimate of drug-likeness (QED) is 0.808. The number of aryl methyl sites for hydroxylation is 2. The van der Waals surface area contributed by atoms with Gasteiger partial charge in [-0.25, -0.2) is 9.97 Å². The monoisotopic (exact) mass is 279 g/mol. The molecule has 1 saturated heterocycles. The fourth-order valence-electron chi connectivity index (χ4n) is 2.62. The third-order valence-electron chi connectivity index (χ3n) is 3.53. The van der Waals surface area contributed by atoms with Crippen LogP contribution in [0.4, 0.5) is 0 Å². The zero-order valence-electron chi connectivity index (χ0n) is 11.1. The number of ether oxygens (including phenoxy) is 1. The van der Waals surface area contributed by atoms with Crippen molar-refractivity contribution in [2.75, 3.05) is 12.5 Å². The van der Waals surface area contributed by atoms with Gasteiger partial charge in [-0.2, -0.15) is 0 Å². The lowest BCUT2D eigenvalue weighted by molar-refractivity contribution is 0.0971. The number of aromatic nitrogens is 3. The van der Waals surface area contributed by atoms with Gasteiger partial charge in [0.05, 0.1) is 12.6 Å². The van der Waals surface area contributed by atoms with Crippen molar-refractivity contribution in [3.05, 3.63) is 23.7 Å². The van der Waals surface area contributed by atoms with Crippen molar-refractivity contribution in [3.63, 3.8) is 0 Å². The average Bonchev–Trinajstić information content (AvgIpc) is 2.99. The van der Waals surface area contributed by atoms with Crippen LogP contribution in [-0.4, -0.2) is 33.1 Å². The molecule has 19 heavy (non-hydrogen) atoms. The van der Waals surface area contributed by atoms with Crippen LogP contribution in [0.3, 0.4) is 0 Å². The minimum atomic E-state index is 0.287. The Labute approximate surface area is 117 Å². The van der Waals surface area contributed by atoms with Crippen molar-refractivity contribution >= 4 is 22.8 Å². The Balaban J connectivity index is 2.00. The molecule has 1 unspecified atom stereocenters. The van der Waals surface area contributed by atoms with Gasteiger partial charge >= 0.3 is 0 Å². The van der Waals surface area contributed by atoms with E-state index >= 15 is 0 Å². The Morgan fingerprint density at radius 2 is 2.42 bits per heavy atom. The number of halogens is 1. The van der Waals surface area contributed by atoms with Gasteiger partial charge in [-0.3, -0.25) is 0 Å². The molecule has 0 bridgehead atoms. The summed E-state index contributed by atoms with van der Waals surface area (Å²) < 4.78 is 7.90. The van der Waals surface area contributed by atoms with E-state index in [0.717, 1.165) is 55.0 Å². The molecular weight excluding hydrogens is 262 g/mol. The normalized spacial score (nSPS) is 19.4. The third kappa shape index (κ3) is 2.60. The largest absolute Gasteiger partial charge is 0.376 e. The molecule has 1 aliphatic heterocycles. The van der Waals surface area contributed by atoms with Gasteiger partial charge in [0.15, 0.2) is 5.65 Å². The van der Waals surface area contributed by atoms with Crippen molar-refractivity contribution in [1.82, 2.24) is 14.5 Å². The average molecular weight is 280 g/mol. The van der Waals surface area contributed by atoms with E-state index in [4.69, 9.17) is 16.3 Å². The SMILES string of the molecule is Cc1cnc2c(c1)nc(CCCl)n2CC1CCCO1. The van der Waals surface area contributed by atoms with E-state index in [1.54, 1.807) is 0 Å². The summed E-state index contributed by atoms with van der Waals surface area (Å²) in [6.45, 7) is 3.74. The van der Waals surface area contributed by atoms with E-state index < -0.39 is 0 Å². The summed E-state index contributed by atoms with van der Waals surface area (Å²) in [5.74, 6) is 1.59. The molecule has 2 aromatic heterocycles. The molecule has 0 spiro atoms. The number of pyridine rings is 1. The highest BCUT2D eigenvalue weighted by atomic mass is 35.5. The smallest absolute Gasteiger partial charge is 0.160 e. The van der Waals surface area contributed by atoms with Crippen molar-refractivity contribution < 1.29 is 4.74 Å². The zero-order valence-corrected chi connectivity index (χ0v) is 11.9. The molecule has 1 atom stereocenters. The fourth-order valence-corrected chi connectivity index (χ4v) is 2.79. The summed E-state index contributed by atoms with van der Waals surface area (Å²) in [7, 11) is 0. The van der Waals surface area contributed by atoms with Gasteiger partial charge in [0.25, 0.3) is 0 Å². The minimum Gasteiger partial charge on any atom is -0.376 e. The first-order valence-corrected chi connectivity index (χ1v) is 7.30. The van der Waals surface area contributed by atoms with Gasteiger partial charge in [-0.15, -0.1) is 11.6 Å². The van der Waals surface area contributed by atoms with Crippen LogP contribution in [-0.2, 0) is 17.7 Å². The molecule has 0 aliphatic carbocycles. The Morgan fingerprint density at radius 1 is 1.53 bits per heavy atom. The van der Waals surface area contributed by atoms with Crippen molar-refractivity contribution in [3.8, 4) is 0 Å². The second-order valence-electron chi connectivity index (χ2n) is 5.07. The molecule has 2 aromatic rings. The number of hydrogen-bond acceptors (Lipinski definition) is 3. The predicted octanol–water partition coefficient (Wildman–Crippen LogP) is 2.70. The van der Waals surface area contributed by atoms with Crippen LogP contribution in [0.25, 0.3) is 11.2 Å². The van der Waals surface area contributed by atoms with Crippen LogP contribution in [0.5, 0.6) is 0 Å². The van der Waals surface area contributed by atoms with Crippen LogP contribution in [0.1, 0.15) is 24.2 Å². The van der Waals surface area contributed by atoms with Crippen LogP contribution in [0.2, 0.25) is 0 Å². The maximum Gasteiger partial charge on any atom is 0.160 e. The van der Waals surface area contributed by atoms with Crippen molar-refractivity contribution in [2.24, 2.45) is 0 Å². The predicted molar refractivity (Wildman–Crippen MR) is 75.7 cm³/mol. The standard InChI is InChI=1S/C14H18ClN3O/c1-10-7-12-14(16-8-10)18(13(17-12)4-5-15)9-11-3-2-6-19-11/h7-8,11H,2-6,9H2,1H3. The number of fused-ring (bicyclic) bond motifs is 1. The first-order chi connectivity index (χ1) is 9.28. The Hall–Kier alpha value is -1.13. The maximum atomic E-state index is 5.88. The molecular formula is C14H18ClN3O. The molecule has 3 rings (SSSR count). The number of nitrogens with zero attached hydrogens (tertiary/aromatic N) is 3. The first kappa shape index (κ1) is 12.9. The highest BCUT2D eigenvalue weighted by molar-refractivity contribution is 6.17. The molecule has 102 valence electrons. The van der Waals surface area contributed by atoms with Gasteiger partial charge in [-0.1, -0.05) is 0 Å². The Morgan fingerprint density at radius 3 is 3.16 bits per heavy atom. The summed E-state index contributed by atoms with van der Waals surface area (Å²) in [5, 5.41) is 0. The molecule has 1 aliphatic rings. The van der Waals surface area contributed by atoms with Crippen LogP contribution in [0.15, 0.2) is 12.3 Å². The Kier molecular flexibility index (Phi) is 3.71. The number of alkyl halides is 1. The van der Waals surface area contributed by atoms with Gasteiger partial charge in [0.2, 0.25) is 0 Å². The summed E-state index contributed by atoms with van der Waals surface area (Å²) in [6, 6.07) is 2.08. The molecule has 5 heteroatoms. The number of imidazole rings is 1. The lowest BCUT2D eigenvalue weighted by Gasteiger charge is -2.13. The molecule has 0 aromatic carbocycles. The highest BCUT2D eigenvalue weighted by Crippen LogP contribution is 2.20. The van der Waals surface area contributed by atoms with E-state index in [0.29, 0.717) is 5.88 Å². The molecule has 0 N–H and O–H groups in total. The second kappa shape index (κ2) is 5.47. The van der Waals surface area contributed by atoms with Crippen LogP contribution < -0.4 is 0 Å². The van der Waals surface area contributed by atoms with Crippen LogP contribution >= 0.6 is 11.6 Å². The van der Waals surface area contributed by atoms with E-state index in [-0.39, 0.29) is 6.10 Å². The summed E-state index contributed by atoms with van der Waals surface area (Å²) in [6.07, 6.45) is 5.21. The zero-order chi connectivity index (χ0) is 13.2. The first-order valence-electron chi connectivity index (χ1n) is 6.77. The fraction of sp³-hybridized carbons (Fsp3) is 0.571. The topological polar surface area (TPSA) is 39.9 Å². The molecule has 4 nitrogen and oxygen atoms in total. The van der Waals surface area contributed by atoms with Crippen molar-refractivity contribution in [2.45, 2.75) is 38.8 Å². The number of rotatable bonds is 4. The maximum absolute atomic E-state index is 5.88. The molecule has 1 fully saturated rings. The highest BCUT2D eigenvalue weighted by Gasteiger charge is 2.20. The molecule has 0 radical (unpaired) electrons. The van der Waals surface area contributed by atoms with Gasteiger partial charge in [0.1, 0.15) is 11.3 Å². The van der Waals surface area contributed by atoms with E-state index in [9.17, 15) is 0 Å². The van der Waals surface area contributed by atoms with Gasteiger partial charge < -0.3 is 9.30 Å². The van der Waals surface area contributed by atoms with E-state index in [1.165, 1.54) is 0 Å². The molecule has 3 heterocycles. The van der Waals surface area contributed by atoms with Crippen molar-refractivity contribution in [1.29, 1.82) is 0 Å².